The number of pyridine rings is 1. The topological polar surface area (TPSA) is 94.8 Å². The molecule has 24 heavy (non-hydrogen) atoms. The van der Waals surface area contributed by atoms with Crippen LogP contribution in [0.2, 0.25) is 0 Å². The maximum atomic E-state index is 12.3. The van der Waals surface area contributed by atoms with Crippen LogP contribution in [0.3, 0.4) is 0 Å². The van der Waals surface area contributed by atoms with Crippen molar-refractivity contribution < 1.29 is 9.53 Å². The van der Waals surface area contributed by atoms with E-state index in [4.69, 9.17) is 4.74 Å². The lowest BCUT2D eigenvalue weighted by atomic mass is 10.2. The second-order valence-corrected chi connectivity index (χ2v) is 6.11. The molecule has 0 bridgehead atoms. The van der Waals surface area contributed by atoms with Crippen molar-refractivity contribution in [2.24, 2.45) is 7.05 Å². The highest BCUT2D eigenvalue weighted by Crippen LogP contribution is 2.21. The van der Waals surface area contributed by atoms with Crippen LogP contribution in [0, 0.1) is 0 Å². The van der Waals surface area contributed by atoms with Crippen LogP contribution in [0.1, 0.15) is 24.2 Å². The van der Waals surface area contributed by atoms with E-state index < -0.39 is 0 Å². The zero-order valence-electron chi connectivity index (χ0n) is 13.4. The van der Waals surface area contributed by atoms with Crippen molar-refractivity contribution in [3.8, 4) is 17.1 Å². The van der Waals surface area contributed by atoms with Gasteiger partial charge in [-0.1, -0.05) is 0 Å². The third-order valence-electron chi connectivity index (χ3n) is 2.96. The van der Waals surface area contributed by atoms with E-state index in [1.54, 1.807) is 23.1 Å². The molecule has 0 unspecified atom stereocenters. The largest absolute Gasteiger partial charge is 0.489 e. The van der Waals surface area contributed by atoms with Crippen molar-refractivity contribution in [1.82, 2.24) is 24.1 Å². The Morgan fingerprint density at radius 1 is 1.33 bits per heavy atom. The first-order valence-electron chi connectivity index (χ1n) is 7.27. The minimum absolute atomic E-state index is 0.00955. The second-order valence-electron chi connectivity index (χ2n) is 5.36. The molecule has 0 saturated carbocycles. The summed E-state index contributed by atoms with van der Waals surface area (Å²) < 4.78 is 11.4. The molecule has 0 aliphatic heterocycles. The van der Waals surface area contributed by atoms with Gasteiger partial charge in [0.2, 0.25) is 5.13 Å². The summed E-state index contributed by atoms with van der Waals surface area (Å²) in [7, 11) is 1.82. The Morgan fingerprint density at radius 3 is 2.88 bits per heavy atom. The number of carbonyl (C=O) groups is 1. The number of aromatic nitrogens is 5. The van der Waals surface area contributed by atoms with Gasteiger partial charge in [0.15, 0.2) is 5.82 Å². The van der Waals surface area contributed by atoms with Gasteiger partial charge in [-0.25, -0.2) is 0 Å². The third kappa shape index (κ3) is 3.74. The Bertz CT molecular complexity index is 857. The average Bonchev–Trinajstić information content (AvgIpc) is 3.16. The first-order valence-corrected chi connectivity index (χ1v) is 8.04. The molecule has 0 aliphatic carbocycles. The van der Waals surface area contributed by atoms with Crippen LogP contribution in [0.5, 0.6) is 5.75 Å². The average molecular weight is 344 g/mol. The van der Waals surface area contributed by atoms with Gasteiger partial charge >= 0.3 is 0 Å². The van der Waals surface area contributed by atoms with Gasteiger partial charge in [-0.15, -0.1) is 0 Å². The Labute approximate surface area is 142 Å². The molecule has 0 spiro atoms. The Hall–Kier alpha value is -2.81. The molecule has 9 heteroatoms. The van der Waals surface area contributed by atoms with Gasteiger partial charge in [-0.2, -0.15) is 14.5 Å². The van der Waals surface area contributed by atoms with Gasteiger partial charge in [-0.3, -0.25) is 19.8 Å². The van der Waals surface area contributed by atoms with Crippen LogP contribution in [0.4, 0.5) is 5.13 Å². The first-order chi connectivity index (χ1) is 11.5. The number of ether oxygens (including phenoxy) is 1. The number of amides is 1. The Kier molecular flexibility index (Phi) is 4.52. The molecule has 3 aromatic rings. The lowest BCUT2D eigenvalue weighted by Gasteiger charge is -2.09. The zero-order chi connectivity index (χ0) is 17.1. The number of anilines is 1. The molecular formula is C15H16N6O2S. The predicted molar refractivity (Wildman–Crippen MR) is 90.1 cm³/mol. The fourth-order valence-electron chi connectivity index (χ4n) is 1.98. The number of aryl methyl sites for hydroxylation is 1. The number of rotatable bonds is 5. The van der Waals surface area contributed by atoms with Crippen molar-refractivity contribution >= 4 is 22.6 Å². The molecule has 0 aromatic carbocycles. The standard InChI is InChI=1S/C15H16N6O2S/c1-9(2)23-12-4-10(5-16-7-12)14(22)19-15-18-13(20-24-15)11-6-17-21(3)8-11/h4-9H,1-3H3,(H,18,19,20,22). The molecule has 0 saturated heterocycles. The predicted octanol–water partition coefficient (Wildman–Crippen LogP) is 2.37. The molecule has 0 atom stereocenters. The van der Waals surface area contributed by atoms with E-state index in [9.17, 15) is 4.79 Å². The van der Waals surface area contributed by atoms with Crippen molar-refractivity contribution in [1.29, 1.82) is 0 Å². The van der Waals surface area contributed by atoms with E-state index in [0.29, 0.717) is 22.3 Å². The minimum Gasteiger partial charge on any atom is -0.489 e. The summed E-state index contributed by atoms with van der Waals surface area (Å²) in [5, 5.41) is 7.21. The van der Waals surface area contributed by atoms with Gasteiger partial charge in [0, 0.05) is 31.0 Å². The number of hydrogen-bond acceptors (Lipinski definition) is 7. The third-order valence-corrected chi connectivity index (χ3v) is 3.59. The summed E-state index contributed by atoms with van der Waals surface area (Å²) in [6.45, 7) is 3.82. The smallest absolute Gasteiger partial charge is 0.259 e. The number of hydrogen-bond donors (Lipinski definition) is 1. The van der Waals surface area contributed by atoms with Crippen molar-refractivity contribution in [3.63, 3.8) is 0 Å². The van der Waals surface area contributed by atoms with Crippen LogP contribution >= 0.6 is 11.5 Å². The quantitative estimate of drug-likeness (QED) is 0.763. The fourth-order valence-corrected chi connectivity index (χ4v) is 2.56. The highest BCUT2D eigenvalue weighted by molar-refractivity contribution is 7.10. The molecule has 0 radical (unpaired) electrons. The maximum Gasteiger partial charge on any atom is 0.259 e. The highest BCUT2D eigenvalue weighted by Gasteiger charge is 2.13. The van der Waals surface area contributed by atoms with Gasteiger partial charge in [0.25, 0.3) is 5.91 Å². The lowest BCUT2D eigenvalue weighted by Crippen LogP contribution is -2.13. The molecule has 3 rings (SSSR count). The fraction of sp³-hybridized carbons (Fsp3) is 0.267. The Morgan fingerprint density at radius 2 is 2.17 bits per heavy atom. The molecule has 124 valence electrons. The second kappa shape index (κ2) is 6.75. The molecule has 0 fully saturated rings. The molecule has 1 amide bonds. The summed E-state index contributed by atoms with van der Waals surface area (Å²) >= 11 is 1.11. The van der Waals surface area contributed by atoms with Gasteiger partial charge in [-0.05, 0) is 19.9 Å². The van der Waals surface area contributed by atoms with Gasteiger partial charge in [0.05, 0.1) is 29.6 Å². The van der Waals surface area contributed by atoms with Gasteiger partial charge < -0.3 is 4.74 Å². The van der Waals surface area contributed by atoms with E-state index in [2.05, 4.69) is 24.8 Å². The van der Waals surface area contributed by atoms with E-state index >= 15 is 0 Å². The number of nitrogens with zero attached hydrogens (tertiary/aromatic N) is 5. The molecule has 3 heterocycles. The zero-order valence-corrected chi connectivity index (χ0v) is 14.2. The highest BCUT2D eigenvalue weighted by atomic mass is 32.1. The SMILES string of the molecule is CC(C)Oc1cncc(C(=O)Nc2nc(-c3cnn(C)c3)ns2)c1. The molecule has 1 N–H and O–H groups in total. The monoisotopic (exact) mass is 344 g/mol. The van der Waals surface area contributed by atoms with E-state index in [-0.39, 0.29) is 12.0 Å². The summed E-state index contributed by atoms with van der Waals surface area (Å²) in [6.07, 6.45) is 6.54. The maximum absolute atomic E-state index is 12.3. The van der Waals surface area contributed by atoms with E-state index in [0.717, 1.165) is 17.1 Å². The summed E-state index contributed by atoms with van der Waals surface area (Å²) in [4.78, 5) is 20.6. The van der Waals surface area contributed by atoms with Crippen molar-refractivity contribution in [2.75, 3.05) is 5.32 Å². The molecular weight excluding hydrogens is 328 g/mol. The minimum atomic E-state index is -0.314. The van der Waals surface area contributed by atoms with Crippen molar-refractivity contribution in [3.05, 3.63) is 36.4 Å². The van der Waals surface area contributed by atoms with Gasteiger partial charge in [0.1, 0.15) is 5.75 Å². The van der Waals surface area contributed by atoms with Crippen molar-refractivity contribution in [2.45, 2.75) is 20.0 Å². The summed E-state index contributed by atoms with van der Waals surface area (Å²) in [5.74, 6) is 0.759. The lowest BCUT2D eigenvalue weighted by molar-refractivity contribution is 0.102. The normalized spacial score (nSPS) is 10.8. The summed E-state index contributed by atoms with van der Waals surface area (Å²) in [6, 6.07) is 1.64. The number of nitrogens with one attached hydrogen (secondary N) is 1. The van der Waals surface area contributed by atoms with Crippen LogP contribution in [0.25, 0.3) is 11.4 Å². The number of carbonyl (C=O) groups excluding carboxylic acids is 1. The van der Waals surface area contributed by atoms with Crippen LogP contribution < -0.4 is 10.1 Å². The first kappa shape index (κ1) is 16.1. The Balaban J connectivity index is 1.72. The van der Waals surface area contributed by atoms with Crippen LogP contribution in [0.15, 0.2) is 30.9 Å². The molecule has 8 nitrogen and oxygen atoms in total. The molecule has 0 aliphatic rings. The van der Waals surface area contributed by atoms with E-state index in [1.807, 2.05) is 27.1 Å². The summed E-state index contributed by atoms with van der Waals surface area (Å²) in [5.41, 5.74) is 1.19. The van der Waals surface area contributed by atoms with Crippen LogP contribution in [-0.2, 0) is 7.05 Å². The van der Waals surface area contributed by atoms with E-state index in [1.165, 1.54) is 6.20 Å². The molecule has 3 aromatic heterocycles. The van der Waals surface area contributed by atoms with Crippen LogP contribution in [-0.4, -0.2) is 36.1 Å².